The van der Waals surface area contributed by atoms with Crippen LogP contribution in [0.2, 0.25) is 0 Å². The Labute approximate surface area is 132 Å². The molecular formula is C14H19N5O2S. The van der Waals surface area contributed by atoms with Crippen LogP contribution >= 0.6 is 11.3 Å². The van der Waals surface area contributed by atoms with Gasteiger partial charge in [0.2, 0.25) is 5.91 Å². The Morgan fingerprint density at radius 1 is 1.36 bits per heavy atom. The van der Waals surface area contributed by atoms with Crippen molar-refractivity contribution in [3.05, 3.63) is 34.3 Å². The van der Waals surface area contributed by atoms with Crippen molar-refractivity contribution in [2.75, 3.05) is 13.1 Å². The summed E-state index contributed by atoms with van der Waals surface area (Å²) in [6.07, 6.45) is 1.49. The molecule has 0 aliphatic rings. The first-order chi connectivity index (χ1) is 10.6. The minimum absolute atomic E-state index is 0.0415. The quantitative estimate of drug-likeness (QED) is 0.829. The van der Waals surface area contributed by atoms with E-state index in [-0.39, 0.29) is 24.1 Å². The third-order valence-electron chi connectivity index (χ3n) is 3.22. The average Bonchev–Trinajstić information content (AvgIpc) is 3.17. The molecule has 0 fully saturated rings. The summed E-state index contributed by atoms with van der Waals surface area (Å²) in [7, 11) is 0. The smallest absolute Gasteiger partial charge is 0.273 e. The Morgan fingerprint density at radius 3 is 2.77 bits per heavy atom. The highest BCUT2D eigenvalue weighted by Gasteiger charge is 2.14. The van der Waals surface area contributed by atoms with Gasteiger partial charge in [-0.3, -0.25) is 9.59 Å². The molecule has 2 amide bonds. The van der Waals surface area contributed by atoms with Crippen LogP contribution in [-0.2, 0) is 17.9 Å². The Hall–Kier alpha value is -2.22. The highest BCUT2D eigenvalue weighted by molar-refractivity contribution is 7.07. The van der Waals surface area contributed by atoms with E-state index in [1.54, 1.807) is 16.2 Å². The second-order valence-electron chi connectivity index (χ2n) is 4.68. The van der Waals surface area contributed by atoms with Crippen LogP contribution in [0.15, 0.2) is 23.0 Å². The highest BCUT2D eigenvalue weighted by Crippen LogP contribution is 2.05. The van der Waals surface area contributed by atoms with Gasteiger partial charge in [-0.25, -0.2) is 4.68 Å². The molecule has 2 heterocycles. The summed E-state index contributed by atoms with van der Waals surface area (Å²) in [6, 6.07) is 1.95. The lowest BCUT2D eigenvalue weighted by Gasteiger charge is -2.17. The van der Waals surface area contributed by atoms with E-state index in [9.17, 15) is 9.59 Å². The number of aromatic nitrogens is 3. The standard InChI is InChI=1S/C14H19N5O2S/c1-3-18(4-2)13(20)9-19-8-12(16-17-19)14(21)15-7-11-5-6-22-10-11/h5-6,8,10H,3-4,7,9H2,1-2H3,(H,15,21). The molecule has 0 saturated heterocycles. The molecule has 2 aromatic rings. The molecule has 0 spiro atoms. The normalized spacial score (nSPS) is 10.5. The van der Waals surface area contributed by atoms with Gasteiger partial charge < -0.3 is 10.2 Å². The number of hydrogen-bond acceptors (Lipinski definition) is 5. The lowest BCUT2D eigenvalue weighted by Crippen LogP contribution is -2.33. The third kappa shape index (κ3) is 4.14. The number of nitrogens with one attached hydrogen (secondary N) is 1. The number of thiophene rings is 1. The molecule has 7 nitrogen and oxygen atoms in total. The van der Waals surface area contributed by atoms with E-state index in [2.05, 4.69) is 15.6 Å². The zero-order valence-corrected chi connectivity index (χ0v) is 13.5. The maximum atomic E-state index is 12.0. The first kappa shape index (κ1) is 16.2. The topological polar surface area (TPSA) is 80.1 Å². The van der Waals surface area contributed by atoms with Gasteiger partial charge in [-0.05, 0) is 36.2 Å². The van der Waals surface area contributed by atoms with Crippen molar-refractivity contribution in [2.24, 2.45) is 0 Å². The maximum Gasteiger partial charge on any atom is 0.273 e. The van der Waals surface area contributed by atoms with Crippen molar-refractivity contribution < 1.29 is 9.59 Å². The molecule has 0 unspecified atom stereocenters. The Bertz CT molecular complexity index is 619. The Balaban J connectivity index is 1.90. The second-order valence-corrected chi connectivity index (χ2v) is 5.46. The number of nitrogens with zero attached hydrogens (tertiary/aromatic N) is 4. The van der Waals surface area contributed by atoms with E-state index in [1.165, 1.54) is 10.9 Å². The molecular weight excluding hydrogens is 302 g/mol. The van der Waals surface area contributed by atoms with Crippen LogP contribution in [0.25, 0.3) is 0 Å². The van der Waals surface area contributed by atoms with E-state index in [4.69, 9.17) is 0 Å². The van der Waals surface area contributed by atoms with Crippen molar-refractivity contribution >= 4 is 23.2 Å². The molecule has 118 valence electrons. The zero-order valence-electron chi connectivity index (χ0n) is 12.7. The molecule has 0 saturated carbocycles. The summed E-state index contributed by atoms with van der Waals surface area (Å²) < 4.78 is 1.39. The van der Waals surface area contributed by atoms with Gasteiger partial charge in [-0.15, -0.1) is 5.10 Å². The molecule has 8 heteroatoms. The van der Waals surface area contributed by atoms with Crippen LogP contribution in [0.1, 0.15) is 29.9 Å². The SMILES string of the molecule is CCN(CC)C(=O)Cn1cc(C(=O)NCc2ccsc2)nn1. The fourth-order valence-corrected chi connectivity index (χ4v) is 2.63. The zero-order chi connectivity index (χ0) is 15.9. The van der Waals surface area contributed by atoms with Crippen molar-refractivity contribution in [1.29, 1.82) is 0 Å². The van der Waals surface area contributed by atoms with Crippen molar-refractivity contribution in [3.8, 4) is 0 Å². The first-order valence-electron chi connectivity index (χ1n) is 7.11. The molecule has 0 atom stereocenters. The molecule has 2 rings (SSSR count). The molecule has 22 heavy (non-hydrogen) atoms. The lowest BCUT2D eigenvalue weighted by molar-refractivity contribution is -0.131. The van der Waals surface area contributed by atoms with Crippen molar-refractivity contribution in [2.45, 2.75) is 26.9 Å². The number of likely N-dealkylation sites (N-methyl/N-ethyl adjacent to an activating group) is 1. The molecule has 0 bridgehead atoms. The molecule has 0 aliphatic heterocycles. The summed E-state index contributed by atoms with van der Waals surface area (Å²) in [6.45, 7) is 5.69. The van der Waals surface area contributed by atoms with Crippen molar-refractivity contribution in [1.82, 2.24) is 25.2 Å². The van der Waals surface area contributed by atoms with E-state index < -0.39 is 0 Å². The van der Waals surface area contributed by atoms with Gasteiger partial charge in [0.25, 0.3) is 5.91 Å². The summed E-state index contributed by atoms with van der Waals surface area (Å²) in [5.74, 6) is -0.340. The molecule has 0 aromatic carbocycles. The van der Waals surface area contributed by atoms with E-state index in [0.29, 0.717) is 19.6 Å². The van der Waals surface area contributed by atoms with Gasteiger partial charge in [0.1, 0.15) is 6.54 Å². The van der Waals surface area contributed by atoms with Gasteiger partial charge >= 0.3 is 0 Å². The van der Waals surface area contributed by atoms with Gasteiger partial charge in [0.05, 0.1) is 6.20 Å². The lowest BCUT2D eigenvalue weighted by atomic mass is 10.3. The van der Waals surface area contributed by atoms with E-state index in [1.807, 2.05) is 30.7 Å². The minimum atomic E-state index is -0.298. The van der Waals surface area contributed by atoms with Crippen LogP contribution in [0, 0.1) is 0 Å². The number of hydrogen-bond donors (Lipinski definition) is 1. The predicted molar refractivity (Wildman–Crippen MR) is 83.4 cm³/mol. The van der Waals surface area contributed by atoms with Gasteiger partial charge in [0.15, 0.2) is 5.69 Å². The van der Waals surface area contributed by atoms with Gasteiger partial charge in [-0.2, -0.15) is 11.3 Å². The largest absolute Gasteiger partial charge is 0.346 e. The van der Waals surface area contributed by atoms with Crippen LogP contribution in [-0.4, -0.2) is 44.8 Å². The summed E-state index contributed by atoms with van der Waals surface area (Å²) in [5, 5.41) is 14.3. The second kappa shape index (κ2) is 7.69. The molecule has 2 aromatic heterocycles. The van der Waals surface area contributed by atoms with E-state index in [0.717, 1.165) is 5.56 Å². The summed E-state index contributed by atoms with van der Waals surface area (Å²) in [5.41, 5.74) is 1.25. The monoisotopic (exact) mass is 321 g/mol. The summed E-state index contributed by atoms with van der Waals surface area (Å²) >= 11 is 1.58. The number of amides is 2. The first-order valence-corrected chi connectivity index (χ1v) is 8.05. The number of carbonyl (C=O) groups excluding carboxylic acids is 2. The Kier molecular flexibility index (Phi) is 5.65. The van der Waals surface area contributed by atoms with Crippen LogP contribution in [0.5, 0.6) is 0 Å². The number of rotatable bonds is 7. The maximum absolute atomic E-state index is 12.0. The number of carbonyl (C=O) groups is 2. The fourth-order valence-electron chi connectivity index (χ4n) is 1.96. The van der Waals surface area contributed by atoms with E-state index >= 15 is 0 Å². The van der Waals surface area contributed by atoms with Crippen LogP contribution in [0.3, 0.4) is 0 Å². The third-order valence-corrected chi connectivity index (χ3v) is 3.95. The average molecular weight is 321 g/mol. The fraction of sp³-hybridized carbons (Fsp3) is 0.429. The van der Waals surface area contributed by atoms with Gasteiger partial charge in [0, 0.05) is 19.6 Å². The highest BCUT2D eigenvalue weighted by atomic mass is 32.1. The van der Waals surface area contributed by atoms with Gasteiger partial charge in [-0.1, -0.05) is 5.21 Å². The van der Waals surface area contributed by atoms with Crippen LogP contribution < -0.4 is 5.32 Å². The predicted octanol–water partition coefficient (Wildman–Crippen LogP) is 1.14. The minimum Gasteiger partial charge on any atom is -0.346 e. The summed E-state index contributed by atoms with van der Waals surface area (Å²) in [4.78, 5) is 25.6. The Morgan fingerprint density at radius 2 is 2.14 bits per heavy atom. The molecule has 0 aliphatic carbocycles. The molecule has 1 N–H and O–H groups in total. The molecule has 0 radical (unpaired) electrons. The van der Waals surface area contributed by atoms with Crippen molar-refractivity contribution in [3.63, 3.8) is 0 Å². The van der Waals surface area contributed by atoms with Crippen LogP contribution in [0.4, 0.5) is 0 Å².